The van der Waals surface area contributed by atoms with Crippen LogP contribution in [0.4, 0.5) is 0 Å². The minimum Gasteiger partial charge on any atom is -0.444 e. The summed E-state index contributed by atoms with van der Waals surface area (Å²) in [5, 5.41) is 0. The summed E-state index contributed by atoms with van der Waals surface area (Å²) >= 11 is 0. The summed E-state index contributed by atoms with van der Waals surface area (Å²) in [5.74, 6) is 1.35. The molecular formula is C26H25NO3. The molecule has 1 aliphatic carbocycles. The molecule has 152 valence electrons. The number of allylic oxidation sites excluding steroid dienone is 2. The van der Waals surface area contributed by atoms with Crippen LogP contribution < -0.4 is 0 Å². The lowest BCUT2D eigenvalue weighted by Crippen LogP contribution is -2.50. The Morgan fingerprint density at radius 3 is 2.53 bits per heavy atom. The van der Waals surface area contributed by atoms with Crippen molar-refractivity contribution < 1.29 is 14.3 Å². The highest BCUT2D eigenvalue weighted by molar-refractivity contribution is 5.87. The molecule has 4 rings (SSSR count). The zero-order chi connectivity index (χ0) is 20.9. The largest absolute Gasteiger partial charge is 0.444 e. The standard InChI is InChI=1S/C26H25NO3/c1-2-23(20-12-7-4-8-13-20)30-26(29)22-15-9-14-21-16-17-27(25(28)24(21)22)18-19-10-5-3-6-11-19/h1,3-14,21-24H,15-18H2/t21-,22?,23?,24+/m1/s1. The van der Waals surface area contributed by atoms with E-state index >= 15 is 0 Å². The van der Waals surface area contributed by atoms with Gasteiger partial charge in [-0.05, 0) is 24.3 Å². The first-order chi connectivity index (χ1) is 14.7. The number of carbonyl (C=O) groups is 2. The summed E-state index contributed by atoms with van der Waals surface area (Å²) in [6.45, 7) is 1.25. The van der Waals surface area contributed by atoms with Crippen molar-refractivity contribution in [2.75, 3.05) is 6.54 Å². The highest BCUT2D eigenvalue weighted by Crippen LogP contribution is 2.39. The van der Waals surface area contributed by atoms with Crippen molar-refractivity contribution in [2.45, 2.75) is 25.5 Å². The number of amides is 1. The van der Waals surface area contributed by atoms with E-state index in [9.17, 15) is 9.59 Å². The van der Waals surface area contributed by atoms with Crippen molar-refractivity contribution in [1.82, 2.24) is 4.90 Å². The molecule has 1 fully saturated rings. The number of carbonyl (C=O) groups excluding carboxylic acids is 2. The molecule has 2 aliphatic rings. The Hall–Kier alpha value is -3.32. The summed E-state index contributed by atoms with van der Waals surface area (Å²) in [6, 6.07) is 19.2. The number of hydrogen-bond acceptors (Lipinski definition) is 3. The van der Waals surface area contributed by atoms with Gasteiger partial charge in [-0.15, -0.1) is 6.42 Å². The van der Waals surface area contributed by atoms with E-state index in [4.69, 9.17) is 11.2 Å². The first-order valence-electron chi connectivity index (χ1n) is 10.4. The topological polar surface area (TPSA) is 46.6 Å². The molecule has 0 bridgehead atoms. The molecule has 1 aliphatic heterocycles. The molecule has 4 nitrogen and oxygen atoms in total. The van der Waals surface area contributed by atoms with Crippen LogP contribution in [0.15, 0.2) is 72.8 Å². The third kappa shape index (κ3) is 4.16. The van der Waals surface area contributed by atoms with Gasteiger partial charge in [0.05, 0.1) is 11.8 Å². The van der Waals surface area contributed by atoms with Crippen molar-refractivity contribution in [3.63, 3.8) is 0 Å². The van der Waals surface area contributed by atoms with Crippen LogP contribution in [0.25, 0.3) is 0 Å². The van der Waals surface area contributed by atoms with E-state index in [0.29, 0.717) is 19.5 Å². The molecule has 1 saturated heterocycles. The van der Waals surface area contributed by atoms with Gasteiger partial charge in [0.25, 0.3) is 0 Å². The fourth-order valence-electron chi connectivity index (χ4n) is 4.45. The predicted molar refractivity (Wildman–Crippen MR) is 115 cm³/mol. The smallest absolute Gasteiger partial charge is 0.311 e. The fourth-order valence-corrected chi connectivity index (χ4v) is 4.45. The van der Waals surface area contributed by atoms with E-state index in [-0.39, 0.29) is 11.8 Å². The first-order valence-corrected chi connectivity index (χ1v) is 10.4. The van der Waals surface area contributed by atoms with Crippen LogP contribution in [0.3, 0.4) is 0 Å². The number of hydrogen-bond donors (Lipinski definition) is 0. The molecule has 1 amide bonds. The highest BCUT2D eigenvalue weighted by atomic mass is 16.5. The summed E-state index contributed by atoms with van der Waals surface area (Å²) in [7, 11) is 0. The van der Waals surface area contributed by atoms with Crippen molar-refractivity contribution in [2.24, 2.45) is 17.8 Å². The van der Waals surface area contributed by atoms with Crippen molar-refractivity contribution >= 4 is 11.9 Å². The average molecular weight is 399 g/mol. The molecule has 0 aromatic heterocycles. The molecule has 2 unspecified atom stereocenters. The molecule has 2 aromatic rings. The second-order valence-corrected chi connectivity index (χ2v) is 7.89. The maximum absolute atomic E-state index is 13.3. The number of benzene rings is 2. The lowest BCUT2D eigenvalue weighted by Gasteiger charge is -2.41. The van der Waals surface area contributed by atoms with Gasteiger partial charge in [0.15, 0.2) is 6.10 Å². The average Bonchev–Trinajstić information content (AvgIpc) is 2.80. The number of likely N-dealkylation sites (tertiary alicyclic amines) is 1. The predicted octanol–water partition coefficient (Wildman–Crippen LogP) is 4.15. The third-order valence-electron chi connectivity index (χ3n) is 6.00. The molecule has 1 heterocycles. The second-order valence-electron chi connectivity index (χ2n) is 7.89. The maximum atomic E-state index is 13.3. The monoisotopic (exact) mass is 399 g/mol. The normalized spacial score (nSPS) is 23.9. The molecule has 0 spiro atoms. The number of ether oxygens (including phenoxy) is 1. The number of fused-ring (bicyclic) bond motifs is 1. The van der Waals surface area contributed by atoms with Crippen molar-refractivity contribution in [3.05, 3.63) is 83.9 Å². The Bertz CT molecular complexity index is 961. The van der Waals surface area contributed by atoms with Crippen LogP contribution in [0, 0.1) is 30.1 Å². The van der Waals surface area contributed by atoms with Crippen molar-refractivity contribution in [3.8, 4) is 12.3 Å². The molecule has 4 atom stereocenters. The van der Waals surface area contributed by atoms with Gasteiger partial charge in [0, 0.05) is 18.7 Å². The Morgan fingerprint density at radius 2 is 1.83 bits per heavy atom. The van der Waals surface area contributed by atoms with Crippen LogP contribution in [0.1, 0.15) is 30.1 Å². The molecule has 0 saturated carbocycles. The number of rotatable bonds is 5. The van der Waals surface area contributed by atoms with Gasteiger partial charge in [-0.3, -0.25) is 9.59 Å². The van der Waals surface area contributed by atoms with E-state index < -0.39 is 23.9 Å². The fraction of sp³-hybridized carbons (Fsp3) is 0.308. The molecule has 2 aromatic carbocycles. The van der Waals surface area contributed by atoms with E-state index in [2.05, 4.69) is 12.0 Å². The van der Waals surface area contributed by atoms with Crippen LogP contribution in [0.2, 0.25) is 0 Å². The van der Waals surface area contributed by atoms with Gasteiger partial charge in [0.1, 0.15) is 0 Å². The Balaban J connectivity index is 1.50. The van der Waals surface area contributed by atoms with Gasteiger partial charge in [-0.25, -0.2) is 0 Å². The SMILES string of the molecule is C#CC(OC(=O)C1CC=C[C@@H]2CCN(Cc3ccccc3)C(=O)[C@H]12)c1ccccc1. The lowest BCUT2D eigenvalue weighted by molar-refractivity contribution is -0.161. The van der Waals surface area contributed by atoms with Gasteiger partial charge in [-0.2, -0.15) is 0 Å². The third-order valence-corrected chi connectivity index (χ3v) is 6.00. The van der Waals surface area contributed by atoms with Gasteiger partial charge in [0.2, 0.25) is 5.91 Å². The van der Waals surface area contributed by atoms with E-state index in [0.717, 1.165) is 17.5 Å². The molecule has 4 heteroatoms. The summed E-state index contributed by atoms with van der Waals surface area (Å²) in [4.78, 5) is 28.3. The second kappa shape index (κ2) is 9.00. The van der Waals surface area contributed by atoms with E-state index in [1.54, 1.807) is 0 Å². The minimum atomic E-state index is -0.748. The van der Waals surface area contributed by atoms with Crippen LogP contribution in [-0.4, -0.2) is 23.3 Å². The lowest BCUT2D eigenvalue weighted by atomic mass is 9.71. The summed E-state index contributed by atoms with van der Waals surface area (Å²) < 4.78 is 5.70. The Kier molecular flexibility index (Phi) is 5.99. The Labute approximate surface area is 177 Å². The van der Waals surface area contributed by atoms with Crippen LogP contribution >= 0.6 is 0 Å². The van der Waals surface area contributed by atoms with Crippen LogP contribution in [0.5, 0.6) is 0 Å². The molecule has 0 N–H and O–H groups in total. The van der Waals surface area contributed by atoms with Crippen LogP contribution in [-0.2, 0) is 20.9 Å². The quantitative estimate of drug-likeness (QED) is 0.431. The zero-order valence-corrected chi connectivity index (χ0v) is 16.8. The van der Waals surface area contributed by atoms with Crippen molar-refractivity contribution in [1.29, 1.82) is 0 Å². The molecule has 30 heavy (non-hydrogen) atoms. The summed E-state index contributed by atoms with van der Waals surface area (Å²) in [5.41, 5.74) is 1.85. The first kappa shape index (κ1) is 20.0. The maximum Gasteiger partial charge on any atom is 0.311 e. The zero-order valence-electron chi connectivity index (χ0n) is 16.8. The van der Waals surface area contributed by atoms with Gasteiger partial charge < -0.3 is 9.64 Å². The Morgan fingerprint density at radius 1 is 1.13 bits per heavy atom. The van der Waals surface area contributed by atoms with E-state index in [1.165, 1.54) is 0 Å². The number of esters is 1. The number of piperidine rings is 1. The van der Waals surface area contributed by atoms with E-state index in [1.807, 2.05) is 71.6 Å². The number of terminal acetylenes is 1. The minimum absolute atomic E-state index is 0.0263. The molecular weight excluding hydrogens is 374 g/mol. The van der Waals surface area contributed by atoms with Gasteiger partial charge in [-0.1, -0.05) is 78.7 Å². The number of nitrogens with zero attached hydrogens (tertiary/aromatic N) is 1. The van der Waals surface area contributed by atoms with Gasteiger partial charge >= 0.3 is 5.97 Å². The summed E-state index contributed by atoms with van der Waals surface area (Å²) in [6.07, 6.45) is 10.3. The molecule has 0 radical (unpaired) electrons. The highest BCUT2D eigenvalue weighted by Gasteiger charge is 2.45.